The molecule has 1 aliphatic heterocycles. The van der Waals surface area contributed by atoms with Crippen LogP contribution in [0.5, 0.6) is 0 Å². The third-order valence-corrected chi connectivity index (χ3v) is 5.41. The fourth-order valence-corrected chi connectivity index (χ4v) is 3.80. The van der Waals surface area contributed by atoms with Gasteiger partial charge in [0, 0.05) is 41.6 Å². The average Bonchev–Trinajstić information content (AvgIpc) is 2.81. The molecule has 0 fully saturated rings. The van der Waals surface area contributed by atoms with Crippen molar-refractivity contribution in [2.24, 2.45) is 0 Å². The van der Waals surface area contributed by atoms with E-state index in [2.05, 4.69) is 21.2 Å². The SMILES string of the molecule is CC1=C(C(=O)N(C)C)[C@@H](c2cc(Br)cs2)NC(=S)N1C. The highest BCUT2D eigenvalue weighted by Gasteiger charge is 2.33. The van der Waals surface area contributed by atoms with Gasteiger partial charge in [0.05, 0.1) is 11.6 Å². The largest absolute Gasteiger partial charge is 0.350 e. The molecule has 0 spiro atoms. The Hall–Kier alpha value is -0.920. The Balaban J connectivity index is 2.53. The molecule has 20 heavy (non-hydrogen) atoms. The lowest BCUT2D eigenvalue weighted by molar-refractivity contribution is -0.125. The maximum absolute atomic E-state index is 12.5. The Labute approximate surface area is 136 Å². The molecule has 0 bridgehead atoms. The number of nitrogens with one attached hydrogen (secondary N) is 1. The minimum atomic E-state index is -0.190. The topological polar surface area (TPSA) is 35.6 Å². The van der Waals surface area contributed by atoms with Gasteiger partial charge in [-0.2, -0.15) is 0 Å². The zero-order valence-electron chi connectivity index (χ0n) is 11.7. The summed E-state index contributed by atoms with van der Waals surface area (Å²) in [5, 5.41) is 5.89. The van der Waals surface area contributed by atoms with E-state index in [1.54, 1.807) is 30.3 Å². The molecule has 0 unspecified atom stereocenters. The Kier molecular flexibility index (Phi) is 4.51. The number of carbonyl (C=O) groups excluding carboxylic acids is 1. The van der Waals surface area contributed by atoms with Crippen LogP contribution < -0.4 is 5.32 Å². The first-order chi connectivity index (χ1) is 9.32. The van der Waals surface area contributed by atoms with Crippen molar-refractivity contribution in [3.8, 4) is 0 Å². The second kappa shape index (κ2) is 5.83. The lowest BCUT2D eigenvalue weighted by Gasteiger charge is -2.36. The molecule has 0 radical (unpaired) electrons. The minimum absolute atomic E-state index is 0.00104. The number of carbonyl (C=O) groups is 1. The van der Waals surface area contributed by atoms with Gasteiger partial charge in [0.15, 0.2) is 5.11 Å². The van der Waals surface area contributed by atoms with Crippen molar-refractivity contribution in [3.05, 3.63) is 32.1 Å². The molecule has 1 aromatic rings. The third kappa shape index (κ3) is 2.75. The number of nitrogens with zero attached hydrogens (tertiary/aromatic N) is 2. The summed E-state index contributed by atoms with van der Waals surface area (Å²) in [6, 6.07) is 1.83. The van der Waals surface area contributed by atoms with Crippen LogP contribution in [-0.4, -0.2) is 42.0 Å². The Morgan fingerprint density at radius 2 is 2.20 bits per heavy atom. The predicted molar refractivity (Wildman–Crippen MR) is 89.7 cm³/mol. The maximum Gasteiger partial charge on any atom is 0.253 e. The number of likely N-dealkylation sites (N-methyl/N-ethyl adjacent to an activating group) is 1. The molecular weight excluding hydrogens is 358 g/mol. The van der Waals surface area contributed by atoms with Gasteiger partial charge in [-0.05, 0) is 41.1 Å². The first kappa shape index (κ1) is 15.5. The van der Waals surface area contributed by atoms with Gasteiger partial charge >= 0.3 is 0 Å². The van der Waals surface area contributed by atoms with E-state index in [0.29, 0.717) is 5.11 Å². The number of allylic oxidation sites excluding steroid dienone is 1. The Morgan fingerprint density at radius 1 is 1.55 bits per heavy atom. The molecule has 7 heteroatoms. The standard InChI is InChI=1S/C13H16BrN3OS2/c1-7-10(12(18)16(2)3)11(15-13(19)17(7)4)9-5-8(14)6-20-9/h5-6,11H,1-4H3,(H,15,19)/t11-/m1/s1. The summed E-state index contributed by atoms with van der Waals surface area (Å²) in [6.07, 6.45) is 0. The van der Waals surface area contributed by atoms with E-state index in [-0.39, 0.29) is 11.9 Å². The fraction of sp³-hybridized carbons (Fsp3) is 0.385. The number of hydrogen-bond acceptors (Lipinski definition) is 3. The van der Waals surface area contributed by atoms with Gasteiger partial charge in [0.2, 0.25) is 0 Å². The monoisotopic (exact) mass is 373 g/mol. The molecule has 1 amide bonds. The van der Waals surface area contributed by atoms with E-state index in [1.165, 1.54) is 0 Å². The molecule has 0 aliphatic carbocycles. The van der Waals surface area contributed by atoms with Crippen molar-refractivity contribution in [1.82, 2.24) is 15.1 Å². The van der Waals surface area contributed by atoms with E-state index in [4.69, 9.17) is 12.2 Å². The molecule has 1 aromatic heterocycles. The summed E-state index contributed by atoms with van der Waals surface area (Å²) < 4.78 is 1.01. The van der Waals surface area contributed by atoms with E-state index in [9.17, 15) is 4.79 Å². The van der Waals surface area contributed by atoms with Crippen molar-refractivity contribution in [2.45, 2.75) is 13.0 Å². The van der Waals surface area contributed by atoms with Gasteiger partial charge in [-0.25, -0.2) is 0 Å². The zero-order chi connectivity index (χ0) is 15.0. The Bertz CT molecular complexity index is 594. The lowest BCUT2D eigenvalue weighted by Crippen LogP contribution is -2.47. The van der Waals surface area contributed by atoms with Crippen LogP contribution >= 0.6 is 39.5 Å². The van der Waals surface area contributed by atoms with Gasteiger partial charge < -0.3 is 15.1 Å². The minimum Gasteiger partial charge on any atom is -0.350 e. The van der Waals surface area contributed by atoms with Crippen molar-refractivity contribution in [1.29, 1.82) is 0 Å². The number of hydrogen-bond donors (Lipinski definition) is 1. The molecule has 0 aromatic carbocycles. The first-order valence-corrected chi connectivity index (χ1v) is 8.11. The number of thiocarbonyl (C=S) groups is 1. The Morgan fingerprint density at radius 3 is 2.70 bits per heavy atom. The third-order valence-electron chi connectivity index (χ3n) is 3.26. The van der Waals surface area contributed by atoms with Crippen LogP contribution in [0.2, 0.25) is 0 Å². The molecule has 108 valence electrons. The summed E-state index contributed by atoms with van der Waals surface area (Å²) in [4.78, 5) is 17.0. The highest BCUT2D eigenvalue weighted by molar-refractivity contribution is 9.10. The number of halogens is 1. The fourth-order valence-electron chi connectivity index (χ4n) is 2.05. The van der Waals surface area contributed by atoms with Crippen LogP contribution in [-0.2, 0) is 4.79 Å². The van der Waals surface area contributed by atoms with E-state index < -0.39 is 0 Å². The summed E-state index contributed by atoms with van der Waals surface area (Å²) >= 11 is 10.4. The highest BCUT2D eigenvalue weighted by Crippen LogP contribution is 2.35. The number of rotatable bonds is 2. The van der Waals surface area contributed by atoms with Crippen molar-refractivity contribution >= 4 is 50.5 Å². The van der Waals surface area contributed by atoms with Crippen LogP contribution in [0.15, 0.2) is 27.2 Å². The molecule has 2 heterocycles. The van der Waals surface area contributed by atoms with Crippen LogP contribution in [0.1, 0.15) is 17.8 Å². The summed E-state index contributed by atoms with van der Waals surface area (Å²) in [5.41, 5.74) is 1.63. The quantitative estimate of drug-likeness (QED) is 0.808. The van der Waals surface area contributed by atoms with Crippen LogP contribution in [0.4, 0.5) is 0 Å². The molecular formula is C13H16BrN3OS2. The van der Waals surface area contributed by atoms with Crippen LogP contribution in [0, 0.1) is 0 Å². The highest BCUT2D eigenvalue weighted by atomic mass is 79.9. The lowest BCUT2D eigenvalue weighted by atomic mass is 9.99. The smallest absolute Gasteiger partial charge is 0.253 e. The average molecular weight is 374 g/mol. The van der Waals surface area contributed by atoms with Gasteiger partial charge in [-0.15, -0.1) is 11.3 Å². The van der Waals surface area contributed by atoms with Gasteiger partial charge in [0.25, 0.3) is 5.91 Å². The molecule has 1 aliphatic rings. The molecule has 4 nitrogen and oxygen atoms in total. The van der Waals surface area contributed by atoms with E-state index >= 15 is 0 Å². The van der Waals surface area contributed by atoms with Gasteiger partial charge in [-0.1, -0.05) is 0 Å². The van der Waals surface area contributed by atoms with Gasteiger partial charge in [-0.3, -0.25) is 4.79 Å². The molecule has 0 saturated heterocycles. The van der Waals surface area contributed by atoms with Crippen LogP contribution in [0.25, 0.3) is 0 Å². The number of amides is 1. The maximum atomic E-state index is 12.5. The molecule has 1 atom stereocenters. The summed E-state index contributed by atoms with van der Waals surface area (Å²) in [5.74, 6) is -0.00104. The molecule has 0 saturated carbocycles. The zero-order valence-corrected chi connectivity index (χ0v) is 14.9. The van der Waals surface area contributed by atoms with E-state index in [0.717, 1.165) is 20.6 Å². The molecule has 2 rings (SSSR count). The first-order valence-electron chi connectivity index (χ1n) is 6.03. The van der Waals surface area contributed by atoms with Crippen LogP contribution in [0.3, 0.4) is 0 Å². The predicted octanol–water partition coefficient (Wildman–Crippen LogP) is 2.73. The molecule has 1 N–H and O–H groups in total. The van der Waals surface area contributed by atoms with Crippen molar-refractivity contribution in [3.63, 3.8) is 0 Å². The second-order valence-corrected chi connectivity index (χ2v) is 7.05. The van der Waals surface area contributed by atoms with E-state index in [1.807, 2.05) is 30.3 Å². The summed E-state index contributed by atoms with van der Waals surface area (Å²) in [6.45, 7) is 1.93. The summed E-state index contributed by atoms with van der Waals surface area (Å²) in [7, 11) is 5.39. The van der Waals surface area contributed by atoms with Crippen molar-refractivity contribution in [2.75, 3.05) is 21.1 Å². The van der Waals surface area contributed by atoms with Crippen molar-refractivity contribution < 1.29 is 4.79 Å². The number of thiophene rings is 1. The van der Waals surface area contributed by atoms with Gasteiger partial charge in [0.1, 0.15) is 0 Å². The second-order valence-electron chi connectivity index (χ2n) is 4.81. The normalized spacial score (nSPS) is 19.1.